The van der Waals surface area contributed by atoms with E-state index in [1.54, 1.807) is 6.92 Å². The highest BCUT2D eigenvalue weighted by atomic mass is 14.9. The molecule has 3 rings (SSSR count). The van der Waals surface area contributed by atoms with Crippen LogP contribution in [-0.2, 0) is 0 Å². The topological polar surface area (TPSA) is 87.7 Å². The van der Waals surface area contributed by atoms with Gasteiger partial charge in [0.05, 0.1) is 11.4 Å². The summed E-state index contributed by atoms with van der Waals surface area (Å²) in [6.45, 7) is 5.87. The third kappa shape index (κ3) is 2.80. The lowest BCUT2D eigenvalue weighted by Crippen LogP contribution is -2.32. The van der Waals surface area contributed by atoms with Crippen LogP contribution in [0, 0.1) is 12.3 Å². The van der Waals surface area contributed by atoms with Crippen molar-refractivity contribution in [1.82, 2.24) is 15.3 Å². The minimum Gasteiger partial charge on any atom is -0.400 e. The minimum absolute atomic E-state index is 0.0908. The molecule has 1 aliphatic heterocycles. The first-order valence-corrected chi connectivity index (χ1v) is 7.98. The quantitative estimate of drug-likeness (QED) is 0.774. The SMILES string of the molecule is CCC1=Cc2nc(=N)/c(=C(/C)N)nc(-c3ccccc3C)c2=CN1. The Hall–Kier alpha value is -2.95. The van der Waals surface area contributed by atoms with E-state index in [0.29, 0.717) is 11.0 Å². The molecule has 1 aromatic carbocycles. The van der Waals surface area contributed by atoms with E-state index in [1.165, 1.54) is 0 Å². The molecular weight excluding hydrogens is 298 g/mol. The predicted octanol–water partition coefficient (Wildman–Crippen LogP) is 1.11. The Balaban J connectivity index is 2.51. The molecular formula is C19H21N5. The molecule has 5 nitrogen and oxygen atoms in total. The molecule has 0 unspecified atom stereocenters. The van der Waals surface area contributed by atoms with Gasteiger partial charge in [-0.3, -0.25) is 5.41 Å². The lowest BCUT2D eigenvalue weighted by Gasteiger charge is -2.11. The monoisotopic (exact) mass is 319 g/mol. The Morgan fingerprint density at radius 3 is 2.67 bits per heavy atom. The van der Waals surface area contributed by atoms with Crippen LogP contribution >= 0.6 is 0 Å². The number of aromatic nitrogens is 2. The maximum atomic E-state index is 8.26. The van der Waals surface area contributed by atoms with E-state index in [9.17, 15) is 0 Å². The Morgan fingerprint density at radius 2 is 2.00 bits per heavy atom. The van der Waals surface area contributed by atoms with Crippen LogP contribution in [0.15, 0.2) is 30.0 Å². The molecule has 5 heteroatoms. The van der Waals surface area contributed by atoms with E-state index in [2.05, 4.69) is 17.2 Å². The number of aryl methyl sites for hydroxylation is 1. The smallest absolute Gasteiger partial charge is 0.173 e. The fourth-order valence-electron chi connectivity index (χ4n) is 2.73. The van der Waals surface area contributed by atoms with Crippen molar-refractivity contribution >= 4 is 18.0 Å². The number of rotatable bonds is 2. The molecule has 122 valence electrons. The second-order valence-electron chi connectivity index (χ2n) is 5.88. The van der Waals surface area contributed by atoms with Crippen LogP contribution in [0.5, 0.6) is 0 Å². The van der Waals surface area contributed by atoms with Crippen LogP contribution in [0.2, 0.25) is 0 Å². The van der Waals surface area contributed by atoms with Crippen molar-refractivity contribution in [3.05, 3.63) is 57.3 Å². The van der Waals surface area contributed by atoms with Crippen LogP contribution in [0.3, 0.4) is 0 Å². The van der Waals surface area contributed by atoms with Crippen LogP contribution in [0.1, 0.15) is 31.5 Å². The highest BCUT2D eigenvalue weighted by Gasteiger charge is 2.12. The fraction of sp³-hybridized carbons (Fsp3) is 0.211. The molecule has 0 aliphatic carbocycles. The van der Waals surface area contributed by atoms with Gasteiger partial charge in [-0.2, -0.15) is 0 Å². The van der Waals surface area contributed by atoms with Crippen molar-refractivity contribution in [3.8, 4) is 11.3 Å². The van der Waals surface area contributed by atoms with Gasteiger partial charge in [-0.05, 0) is 31.9 Å². The van der Waals surface area contributed by atoms with Crippen LogP contribution < -0.4 is 27.1 Å². The molecule has 0 spiro atoms. The van der Waals surface area contributed by atoms with Crippen molar-refractivity contribution in [2.75, 3.05) is 0 Å². The molecule has 0 radical (unpaired) electrons. The first kappa shape index (κ1) is 15.9. The highest BCUT2D eigenvalue weighted by molar-refractivity contribution is 5.69. The molecule has 0 saturated carbocycles. The number of benzene rings is 1. The van der Waals surface area contributed by atoms with Crippen LogP contribution in [0.25, 0.3) is 29.2 Å². The second kappa shape index (κ2) is 6.28. The molecule has 24 heavy (non-hydrogen) atoms. The van der Waals surface area contributed by atoms with Crippen LogP contribution in [0.4, 0.5) is 0 Å². The summed E-state index contributed by atoms with van der Waals surface area (Å²) >= 11 is 0. The number of hydrogen-bond donors (Lipinski definition) is 3. The molecule has 1 aliphatic rings. The molecule has 2 heterocycles. The van der Waals surface area contributed by atoms with Crippen molar-refractivity contribution in [3.63, 3.8) is 0 Å². The normalized spacial score (nSPS) is 14.0. The summed E-state index contributed by atoms with van der Waals surface area (Å²) in [6, 6.07) is 8.07. The van der Waals surface area contributed by atoms with Gasteiger partial charge in [0.2, 0.25) is 0 Å². The Kier molecular flexibility index (Phi) is 4.16. The van der Waals surface area contributed by atoms with Gasteiger partial charge in [0.15, 0.2) is 5.49 Å². The summed E-state index contributed by atoms with van der Waals surface area (Å²) in [4.78, 5) is 9.18. The standard InChI is InChI=1S/C19H21N5/c1-4-13-9-16-15(10-22-13)18(14-8-6-5-7-11(14)2)24-17(12(3)20)19(21)23-16/h5-10,21-22H,4,20H2,1-3H3/b17-12+,21-19?. The summed E-state index contributed by atoms with van der Waals surface area (Å²) in [6.07, 6.45) is 4.77. The van der Waals surface area contributed by atoms with Gasteiger partial charge in [-0.1, -0.05) is 31.2 Å². The van der Waals surface area contributed by atoms with Gasteiger partial charge in [0, 0.05) is 28.4 Å². The van der Waals surface area contributed by atoms with Gasteiger partial charge < -0.3 is 11.1 Å². The number of nitrogens with one attached hydrogen (secondary N) is 2. The van der Waals surface area contributed by atoms with Crippen LogP contribution in [-0.4, -0.2) is 9.97 Å². The van der Waals surface area contributed by atoms with Gasteiger partial charge in [0.25, 0.3) is 0 Å². The molecule has 0 atom stereocenters. The summed E-state index contributed by atoms with van der Waals surface area (Å²) in [7, 11) is 0. The molecule has 0 amide bonds. The van der Waals surface area contributed by atoms with E-state index in [0.717, 1.165) is 39.9 Å². The molecule has 1 aromatic heterocycles. The number of allylic oxidation sites excluding steroid dienone is 1. The highest BCUT2D eigenvalue weighted by Crippen LogP contribution is 2.18. The summed E-state index contributed by atoms with van der Waals surface area (Å²) < 4.78 is 0. The van der Waals surface area contributed by atoms with Crippen molar-refractivity contribution in [1.29, 1.82) is 5.41 Å². The molecule has 2 aromatic rings. The van der Waals surface area contributed by atoms with Crippen molar-refractivity contribution in [2.24, 2.45) is 5.73 Å². The van der Waals surface area contributed by atoms with Crippen molar-refractivity contribution < 1.29 is 0 Å². The number of hydrogen-bond acceptors (Lipinski definition) is 5. The second-order valence-corrected chi connectivity index (χ2v) is 5.88. The fourth-order valence-corrected chi connectivity index (χ4v) is 2.73. The predicted molar refractivity (Wildman–Crippen MR) is 96.4 cm³/mol. The zero-order chi connectivity index (χ0) is 17.3. The lowest BCUT2D eigenvalue weighted by molar-refractivity contribution is 0.969. The maximum absolute atomic E-state index is 8.26. The first-order valence-electron chi connectivity index (χ1n) is 7.98. The number of nitrogens with two attached hydrogens (primary N) is 1. The van der Waals surface area contributed by atoms with Gasteiger partial charge in [-0.15, -0.1) is 0 Å². The summed E-state index contributed by atoms with van der Waals surface area (Å²) in [5, 5.41) is 12.8. The number of fused-ring (bicyclic) bond motifs is 1. The van der Waals surface area contributed by atoms with E-state index in [4.69, 9.17) is 16.1 Å². The third-order valence-electron chi connectivity index (χ3n) is 4.08. The molecule has 4 N–H and O–H groups in total. The van der Waals surface area contributed by atoms with E-state index < -0.39 is 0 Å². The zero-order valence-corrected chi connectivity index (χ0v) is 14.1. The largest absolute Gasteiger partial charge is 0.400 e. The Labute approximate surface area is 140 Å². The van der Waals surface area contributed by atoms with E-state index in [-0.39, 0.29) is 5.49 Å². The average Bonchev–Trinajstić information content (AvgIpc) is 2.70. The molecule has 0 saturated heterocycles. The van der Waals surface area contributed by atoms with E-state index >= 15 is 0 Å². The van der Waals surface area contributed by atoms with E-state index in [1.807, 2.05) is 43.5 Å². The Morgan fingerprint density at radius 1 is 1.25 bits per heavy atom. The number of nitrogens with zero attached hydrogens (tertiary/aromatic N) is 2. The lowest BCUT2D eigenvalue weighted by atomic mass is 10.0. The average molecular weight is 319 g/mol. The molecule has 0 bridgehead atoms. The first-order chi connectivity index (χ1) is 11.5. The van der Waals surface area contributed by atoms with Gasteiger partial charge in [0.1, 0.15) is 5.35 Å². The van der Waals surface area contributed by atoms with Gasteiger partial charge in [-0.25, -0.2) is 9.97 Å². The summed E-state index contributed by atoms with van der Waals surface area (Å²) in [5.41, 5.74) is 11.3. The third-order valence-corrected chi connectivity index (χ3v) is 4.08. The minimum atomic E-state index is 0.0908. The molecule has 0 fully saturated rings. The van der Waals surface area contributed by atoms with Gasteiger partial charge >= 0.3 is 0 Å². The Bertz CT molecular complexity index is 1010. The van der Waals surface area contributed by atoms with Crippen molar-refractivity contribution in [2.45, 2.75) is 27.2 Å². The summed E-state index contributed by atoms with van der Waals surface area (Å²) in [5.74, 6) is 0. The maximum Gasteiger partial charge on any atom is 0.173 e. The zero-order valence-electron chi connectivity index (χ0n) is 14.1.